The first-order chi connectivity index (χ1) is 13.9. The third kappa shape index (κ3) is 3.97. The van der Waals surface area contributed by atoms with Crippen LogP contribution in [-0.4, -0.2) is 23.3 Å². The molecule has 0 spiro atoms. The van der Waals surface area contributed by atoms with E-state index in [1.54, 1.807) is 30.3 Å². The number of benzene rings is 3. The summed E-state index contributed by atoms with van der Waals surface area (Å²) in [6.45, 7) is -0.145. The zero-order valence-corrected chi connectivity index (χ0v) is 17.3. The smallest absolute Gasteiger partial charge is 0.256 e. The number of nitrogens with one attached hydrogen (secondary N) is 1. The predicted octanol–water partition coefficient (Wildman–Crippen LogP) is 5.83. The van der Waals surface area contributed by atoms with Crippen LogP contribution in [0.4, 0.5) is 5.69 Å². The van der Waals surface area contributed by atoms with Crippen molar-refractivity contribution in [3.05, 3.63) is 98.5 Å². The van der Waals surface area contributed by atoms with Crippen LogP contribution in [0.5, 0.6) is 0 Å². The summed E-state index contributed by atoms with van der Waals surface area (Å²) >= 11 is 18.6. The number of rotatable bonds is 2. The molecule has 1 heterocycles. The number of amides is 2. The lowest BCUT2D eigenvalue weighted by Crippen LogP contribution is -2.39. The van der Waals surface area contributed by atoms with Crippen LogP contribution in [0, 0.1) is 0 Å². The summed E-state index contributed by atoms with van der Waals surface area (Å²) in [6.07, 6.45) is 0. The Balaban J connectivity index is 1.91. The Kier molecular flexibility index (Phi) is 5.50. The number of carbonyl (C=O) groups is 2. The number of carbonyl (C=O) groups excluding carboxylic acids is 2. The van der Waals surface area contributed by atoms with Gasteiger partial charge in [-0.3, -0.25) is 9.59 Å². The fourth-order valence-corrected chi connectivity index (χ4v) is 4.03. The van der Waals surface area contributed by atoms with Crippen LogP contribution in [0.3, 0.4) is 0 Å². The third-order valence-electron chi connectivity index (χ3n) is 4.74. The monoisotopic (exact) mass is 444 g/mol. The van der Waals surface area contributed by atoms with Gasteiger partial charge in [-0.1, -0.05) is 65.1 Å². The van der Waals surface area contributed by atoms with Gasteiger partial charge in [-0.25, -0.2) is 0 Å². The summed E-state index contributed by atoms with van der Waals surface area (Å²) < 4.78 is 0. The first-order valence-corrected chi connectivity index (χ1v) is 9.97. The highest BCUT2D eigenvalue weighted by Crippen LogP contribution is 2.38. The quantitative estimate of drug-likeness (QED) is 0.539. The summed E-state index contributed by atoms with van der Waals surface area (Å²) in [5, 5.41) is 4.02. The molecule has 0 aromatic heterocycles. The van der Waals surface area contributed by atoms with Crippen LogP contribution in [0.1, 0.15) is 27.5 Å². The van der Waals surface area contributed by atoms with Crippen LogP contribution < -0.4 is 5.32 Å². The third-order valence-corrected chi connectivity index (χ3v) is 5.54. The molecule has 0 bridgehead atoms. The number of hydrogen-bond donors (Lipinski definition) is 1. The van der Waals surface area contributed by atoms with Crippen LogP contribution >= 0.6 is 34.8 Å². The molecule has 2 amide bonds. The zero-order valence-electron chi connectivity index (χ0n) is 15.0. The number of anilines is 1. The maximum atomic E-state index is 13.5. The summed E-state index contributed by atoms with van der Waals surface area (Å²) in [5.41, 5.74) is 2.42. The molecule has 3 aromatic rings. The van der Waals surface area contributed by atoms with Gasteiger partial charge in [-0.2, -0.15) is 0 Å². The van der Waals surface area contributed by atoms with Crippen molar-refractivity contribution in [1.82, 2.24) is 4.90 Å². The van der Waals surface area contributed by atoms with Crippen molar-refractivity contribution in [3.63, 3.8) is 0 Å². The van der Waals surface area contributed by atoms with Crippen molar-refractivity contribution < 1.29 is 9.59 Å². The SMILES string of the molecule is O=C1CN(C(=O)c2cc(Cl)ccc2Cl)[C@H](c2ccccc2)c2cc(Cl)ccc2N1. The van der Waals surface area contributed by atoms with Crippen molar-refractivity contribution in [2.24, 2.45) is 0 Å². The van der Waals surface area contributed by atoms with Gasteiger partial charge in [0.2, 0.25) is 5.91 Å². The molecule has 4 rings (SSSR count). The van der Waals surface area contributed by atoms with Crippen LogP contribution in [0.25, 0.3) is 0 Å². The van der Waals surface area contributed by atoms with Crippen molar-refractivity contribution in [3.8, 4) is 0 Å². The van der Waals surface area contributed by atoms with Gasteiger partial charge in [0.15, 0.2) is 0 Å². The van der Waals surface area contributed by atoms with E-state index in [1.165, 1.54) is 11.0 Å². The van der Waals surface area contributed by atoms with E-state index in [-0.39, 0.29) is 23.0 Å². The highest BCUT2D eigenvalue weighted by molar-refractivity contribution is 6.35. The normalized spacial score (nSPS) is 16.0. The Labute approximate surface area is 183 Å². The number of fused-ring (bicyclic) bond motifs is 1. The maximum absolute atomic E-state index is 13.5. The molecule has 1 aliphatic heterocycles. The molecular formula is C22H15Cl3N2O2. The van der Waals surface area contributed by atoms with Gasteiger partial charge < -0.3 is 10.2 Å². The van der Waals surface area contributed by atoms with Gasteiger partial charge in [0, 0.05) is 21.3 Å². The molecular weight excluding hydrogens is 431 g/mol. The predicted molar refractivity (Wildman–Crippen MR) is 116 cm³/mol. The van der Waals surface area contributed by atoms with E-state index < -0.39 is 11.9 Å². The Morgan fingerprint density at radius 2 is 1.62 bits per heavy atom. The van der Waals surface area contributed by atoms with Crippen molar-refractivity contribution >= 4 is 52.3 Å². The van der Waals surface area contributed by atoms with Gasteiger partial charge in [-0.05, 0) is 42.0 Å². The molecule has 1 aliphatic rings. The number of halogens is 3. The van der Waals surface area contributed by atoms with Crippen molar-refractivity contribution in [2.45, 2.75) is 6.04 Å². The highest BCUT2D eigenvalue weighted by Gasteiger charge is 2.34. The van der Waals surface area contributed by atoms with Crippen LogP contribution in [0.2, 0.25) is 15.1 Å². The molecule has 4 nitrogen and oxygen atoms in total. The average Bonchev–Trinajstić information content (AvgIpc) is 2.85. The lowest BCUT2D eigenvalue weighted by molar-refractivity contribution is -0.117. The second kappa shape index (κ2) is 8.07. The van der Waals surface area contributed by atoms with Gasteiger partial charge in [-0.15, -0.1) is 0 Å². The Morgan fingerprint density at radius 3 is 2.38 bits per heavy atom. The molecule has 1 N–H and O–H groups in total. The van der Waals surface area contributed by atoms with Gasteiger partial charge >= 0.3 is 0 Å². The van der Waals surface area contributed by atoms with E-state index in [1.807, 2.05) is 30.3 Å². The fourth-order valence-electron chi connectivity index (χ4n) is 3.48. The second-order valence-corrected chi connectivity index (χ2v) is 7.93. The topological polar surface area (TPSA) is 49.4 Å². The first kappa shape index (κ1) is 19.8. The van der Waals surface area contributed by atoms with E-state index in [9.17, 15) is 9.59 Å². The second-order valence-electron chi connectivity index (χ2n) is 6.65. The van der Waals surface area contributed by atoms with Gasteiger partial charge in [0.25, 0.3) is 5.91 Å². The van der Waals surface area contributed by atoms with E-state index in [0.717, 1.165) is 11.1 Å². The van der Waals surface area contributed by atoms with Gasteiger partial charge in [0.05, 0.1) is 16.6 Å². The molecule has 0 saturated carbocycles. The minimum absolute atomic E-state index is 0.145. The average molecular weight is 446 g/mol. The molecule has 0 radical (unpaired) electrons. The summed E-state index contributed by atoms with van der Waals surface area (Å²) in [7, 11) is 0. The molecule has 0 unspecified atom stereocenters. The molecule has 1 atom stereocenters. The van der Waals surface area contributed by atoms with Gasteiger partial charge in [0.1, 0.15) is 6.54 Å². The van der Waals surface area contributed by atoms with Crippen molar-refractivity contribution in [1.29, 1.82) is 0 Å². The van der Waals surface area contributed by atoms with E-state index in [0.29, 0.717) is 15.7 Å². The standard InChI is InChI=1S/C22H15Cl3N2O2/c23-14-6-8-18(25)16(10-14)22(29)27-12-20(28)26-19-9-7-15(24)11-17(19)21(27)13-4-2-1-3-5-13/h1-11,21H,12H2,(H,26,28)/t21-/m1/s1. The van der Waals surface area contributed by atoms with E-state index in [4.69, 9.17) is 34.8 Å². The number of nitrogens with zero attached hydrogens (tertiary/aromatic N) is 1. The molecule has 7 heteroatoms. The van der Waals surface area contributed by atoms with Crippen LogP contribution in [0.15, 0.2) is 66.7 Å². The fraction of sp³-hybridized carbons (Fsp3) is 0.0909. The summed E-state index contributed by atoms with van der Waals surface area (Å²) in [5.74, 6) is -0.701. The minimum Gasteiger partial charge on any atom is -0.324 e. The Morgan fingerprint density at radius 1 is 0.931 bits per heavy atom. The lowest BCUT2D eigenvalue weighted by Gasteiger charge is -2.31. The zero-order chi connectivity index (χ0) is 20.5. The first-order valence-electron chi connectivity index (χ1n) is 8.84. The van der Waals surface area contributed by atoms with E-state index in [2.05, 4.69) is 5.32 Å². The largest absolute Gasteiger partial charge is 0.324 e. The molecule has 146 valence electrons. The van der Waals surface area contributed by atoms with Crippen molar-refractivity contribution in [2.75, 3.05) is 11.9 Å². The number of hydrogen-bond acceptors (Lipinski definition) is 2. The molecule has 0 saturated heterocycles. The summed E-state index contributed by atoms with van der Waals surface area (Å²) in [4.78, 5) is 27.6. The Hall–Kier alpha value is -2.53. The lowest BCUT2D eigenvalue weighted by atomic mass is 9.95. The molecule has 3 aromatic carbocycles. The molecule has 0 aliphatic carbocycles. The molecule has 29 heavy (non-hydrogen) atoms. The van der Waals surface area contributed by atoms with E-state index >= 15 is 0 Å². The summed E-state index contributed by atoms with van der Waals surface area (Å²) in [6, 6.07) is 18.8. The Bertz CT molecular complexity index is 1100. The molecule has 0 fully saturated rings. The van der Waals surface area contributed by atoms with Crippen LogP contribution in [-0.2, 0) is 4.79 Å². The maximum Gasteiger partial charge on any atom is 0.256 e. The minimum atomic E-state index is -0.536. The highest BCUT2D eigenvalue weighted by atomic mass is 35.5.